The Labute approximate surface area is 164 Å². The number of nitrogens with two attached hydrogens (primary N) is 1. The average Bonchev–Trinajstić information content (AvgIpc) is 3.11. The quantitative estimate of drug-likeness (QED) is 0.633. The van der Waals surface area contributed by atoms with E-state index in [1.807, 2.05) is 30.3 Å². The van der Waals surface area contributed by atoms with E-state index >= 15 is 0 Å². The van der Waals surface area contributed by atoms with Crippen molar-refractivity contribution in [1.29, 1.82) is 0 Å². The normalized spacial score (nSPS) is 11.6. The highest BCUT2D eigenvalue weighted by atomic mass is 32.2. The van der Waals surface area contributed by atoms with E-state index in [9.17, 15) is 13.5 Å². The van der Waals surface area contributed by atoms with Gasteiger partial charge in [0.15, 0.2) is 0 Å². The van der Waals surface area contributed by atoms with Crippen LogP contribution in [0, 0.1) is 0 Å². The molecule has 2 aromatic carbocycles. The van der Waals surface area contributed by atoms with Crippen LogP contribution >= 0.6 is 0 Å². The number of benzene rings is 2. The number of methoxy groups -OCH3 is 1. The number of sulfonamides is 1. The summed E-state index contributed by atoms with van der Waals surface area (Å²) in [6.45, 7) is 1.64. The predicted molar refractivity (Wildman–Crippen MR) is 107 cm³/mol. The summed E-state index contributed by atoms with van der Waals surface area (Å²) in [7, 11) is -2.29. The van der Waals surface area contributed by atoms with Crippen molar-refractivity contribution in [2.45, 2.75) is 31.3 Å². The summed E-state index contributed by atoms with van der Waals surface area (Å²) in [4.78, 5) is -0.0849. The SMILES string of the molecule is CCCc1cc(-c2ccc(OC)cc2)nn1-c1ccc(S(N)(=O)=O)c(CO)c1. The van der Waals surface area contributed by atoms with Gasteiger partial charge in [-0.15, -0.1) is 0 Å². The Morgan fingerprint density at radius 2 is 1.86 bits per heavy atom. The summed E-state index contributed by atoms with van der Waals surface area (Å²) in [5.74, 6) is 0.767. The summed E-state index contributed by atoms with van der Waals surface area (Å²) >= 11 is 0. The highest BCUT2D eigenvalue weighted by Gasteiger charge is 2.17. The maximum absolute atomic E-state index is 11.7. The van der Waals surface area contributed by atoms with Crippen molar-refractivity contribution in [2.24, 2.45) is 5.14 Å². The molecule has 1 aromatic heterocycles. The topological polar surface area (TPSA) is 107 Å². The lowest BCUT2D eigenvalue weighted by molar-refractivity contribution is 0.278. The Bertz CT molecular complexity index is 1070. The van der Waals surface area contributed by atoms with Gasteiger partial charge in [-0.3, -0.25) is 0 Å². The highest BCUT2D eigenvalue weighted by Crippen LogP contribution is 2.26. The molecule has 0 radical (unpaired) electrons. The fourth-order valence-corrected chi connectivity index (χ4v) is 3.83. The Balaban J connectivity index is 2.09. The third-order valence-corrected chi connectivity index (χ3v) is 5.45. The molecule has 148 valence electrons. The minimum Gasteiger partial charge on any atom is -0.497 e. The van der Waals surface area contributed by atoms with E-state index in [0.29, 0.717) is 5.69 Å². The average molecular weight is 401 g/mol. The van der Waals surface area contributed by atoms with Crippen LogP contribution in [0.2, 0.25) is 0 Å². The fraction of sp³-hybridized carbons (Fsp3) is 0.250. The number of aliphatic hydroxyl groups is 1. The number of hydrogen-bond donors (Lipinski definition) is 2. The molecule has 0 aliphatic rings. The summed E-state index contributed by atoms with van der Waals surface area (Å²) in [6, 6.07) is 14.3. The van der Waals surface area contributed by atoms with Gasteiger partial charge in [0.25, 0.3) is 0 Å². The van der Waals surface area contributed by atoms with Gasteiger partial charge in [-0.1, -0.05) is 13.3 Å². The van der Waals surface area contributed by atoms with Crippen LogP contribution in [-0.4, -0.2) is 30.4 Å². The summed E-state index contributed by atoms with van der Waals surface area (Å²) in [5, 5.41) is 19.5. The number of aromatic nitrogens is 2. The number of ether oxygens (including phenoxy) is 1. The van der Waals surface area contributed by atoms with Crippen molar-refractivity contribution in [3.8, 4) is 22.7 Å². The molecular formula is C20H23N3O4S. The van der Waals surface area contributed by atoms with Gasteiger partial charge < -0.3 is 9.84 Å². The molecular weight excluding hydrogens is 378 g/mol. The third kappa shape index (κ3) is 4.09. The third-order valence-electron chi connectivity index (χ3n) is 4.44. The zero-order chi connectivity index (χ0) is 20.3. The van der Waals surface area contributed by atoms with Crippen LogP contribution in [0.5, 0.6) is 5.75 Å². The van der Waals surface area contributed by atoms with Gasteiger partial charge in [-0.25, -0.2) is 18.2 Å². The molecule has 0 saturated carbocycles. The first-order valence-electron chi connectivity index (χ1n) is 8.87. The van der Waals surface area contributed by atoms with Crippen LogP contribution in [0.15, 0.2) is 53.4 Å². The van der Waals surface area contributed by atoms with Crippen LogP contribution in [0.4, 0.5) is 0 Å². The van der Waals surface area contributed by atoms with Crippen LogP contribution in [0.3, 0.4) is 0 Å². The Morgan fingerprint density at radius 3 is 2.43 bits per heavy atom. The van der Waals surface area contributed by atoms with Gasteiger partial charge in [0.1, 0.15) is 5.75 Å². The molecule has 1 heterocycles. The van der Waals surface area contributed by atoms with Crippen LogP contribution < -0.4 is 9.88 Å². The Hall–Kier alpha value is -2.68. The van der Waals surface area contributed by atoms with Crippen molar-refractivity contribution in [2.75, 3.05) is 7.11 Å². The standard InChI is InChI=1S/C20H23N3O4S/c1-3-4-16-12-19(14-5-8-18(27-2)9-6-14)22-23(16)17-7-10-20(28(21,25)26)15(11-17)13-24/h5-12,24H,3-4,13H2,1-2H3,(H2,21,25,26). The highest BCUT2D eigenvalue weighted by molar-refractivity contribution is 7.89. The zero-order valence-electron chi connectivity index (χ0n) is 15.8. The van der Waals surface area contributed by atoms with Crippen molar-refractivity contribution in [3.63, 3.8) is 0 Å². The number of aryl methyl sites for hydroxylation is 1. The Kier molecular flexibility index (Phi) is 5.83. The number of rotatable bonds is 7. The molecule has 3 rings (SSSR count). The van der Waals surface area contributed by atoms with E-state index in [0.717, 1.165) is 35.5 Å². The van der Waals surface area contributed by atoms with Crippen LogP contribution in [0.1, 0.15) is 24.6 Å². The van der Waals surface area contributed by atoms with Crippen LogP contribution in [0.25, 0.3) is 16.9 Å². The van der Waals surface area contributed by atoms with E-state index in [-0.39, 0.29) is 10.5 Å². The molecule has 7 nitrogen and oxygen atoms in total. The molecule has 0 bridgehead atoms. The number of hydrogen-bond acceptors (Lipinski definition) is 5. The van der Waals surface area contributed by atoms with Gasteiger partial charge in [0.2, 0.25) is 10.0 Å². The van der Waals surface area contributed by atoms with E-state index < -0.39 is 16.6 Å². The van der Waals surface area contributed by atoms with Gasteiger partial charge in [0.05, 0.1) is 30.0 Å². The molecule has 0 aliphatic heterocycles. The summed E-state index contributed by atoms with van der Waals surface area (Å²) < 4.78 is 30.4. The fourth-order valence-electron chi connectivity index (χ4n) is 3.08. The predicted octanol–water partition coefficient (Wildman–Crippen LogP) is 2.64. The molecule has 0 atom stereocenters. The minimum atomic E-state index is -3.91. The minimum absolute atomic E-state index is 0.0849. The molecule has 8 heteroatoms. The second kappa shape index (κ2) is 8.14. The van der Waals surface area contributed by atoms with E-state index in [1.54, 1.807) is 23.9 Å². The van der Waals surface area contributed by atoms with Gasteiger partial charge in [-0.2, -0.15) is 5.10 Å². The first kappa shape index (κ1) is 20.1. The van der Waals surface area contributed by atoms with Gasteiger partial charge >= 0.3 is 0 Å². The monoisotopic (exact) mass is 401 g/mol. The summed E-state index contributed by atoms with van der Waals surface area (Å²) in [5.41, 5.74) is 3.64. The lowest BCUT2D eigenvalue weighted by Gasteiger charge is -2.11. The largest absolute Gasteiger partial charge is 0.497 e. The molecule has 0 spiro atoms. The van der Waals surface area contributed by atoms with Crippen molar-refractivity contribution in [3.05, 3.63) is 59.8 Å². The summed E-state index contributed by atoms with van der Waals surface area (Å²) in [6.07, 6.45) is 1.73. The molecule has 0 unspecified atom stereocenters. The number of aliphatic hydroxyl groups excluding tert-OH is 1. The molecule has 0 amide bonds. The van der Waals surface area contributed by atoms with Crippen LogP contribution in [-0.2, 0) is 23.1 Å². The molecule has 28 heavy (non-hydrogen) atoms. The van der Waals surface area contributed by atoms with Crippen molar-refractivity contribution < 1.29 is 18.3 Å². The van der Waals surface area contributed by atoms with E-state index in [2.05, 4.69) is 6.92 Å². The molecule has 0 saturated heterocycles. The second-order valence-corrected chi connectivity index (χ2v) is 7.94. The Morgan fingerprint density at radius 1 is 1.14 bits per heavy atom. The maximum atomic E-state index is 11.7. The first-order chi connectivity index (χ1) is 13.4. The molecule has 3 N–H and O–H groups in total. The van der Waals surface area contributed by atoms with Gasteiger partial charge in [-0.05, 0) is 60.5 Å². The van der Waals surface area contributed by atoms with Gasteiger partial charge in [0, 0.05) is 11.3 Å². The van der Waals surface area contributed by atoms with Crippen molar-refractivity contribution >= 4 is 10.0 Å². The lowest BCUT2D eigenvalue weighted by Crippen LogP contribution is -2.15. The van der Waals surface area contributed by atoms with E-state index in [4.69, 9.17) is 15.0 Å². The number of nitrogens with zero attached hydrogens (tertiary/aromatic N) is 2. The first-order valence-corrected chi connectivity index (χ1v) is 10.4. The van der Waals surface area contributed by atoms with Crippen molar-refractivity contribution in [1.82, 2.24) is 9.78 Å². The van der Waals surface area contributed by atoms with E-state index in [1.165, 1.54) is 6.07 Å². The second-order valence-electron chi connectivity index (χ2n) is 6.41. The molecule has 0 fully saturated rings. The maximum Gasteiger partial charge on any atom is 0.238 e. The molecule has 3 aromatic rings. The lowest BCUT2D eigenvalue weighted by atomic mass is 10.1. The molecule has 0 aliphatic carbocycles. The zero-order valence-corrected chi connectivity index (χ0v) is 16.6. The number of primary sulfonamides is 1. The smallest absolute Gasteiger partial charge is 0.238 e.